The molecule has 1 heterocycles. The minimum absolute atomic E-state index is 0.00716. The Hall–Kier alpha value is -1.29. The van der Waals surface area contributed by atoms with Gasteiger partial charge in [0, 0.05) is 12.6 Å². The molecule has 1 aromatic heterocycles. The van der Waals surface area contributed by atoms with Crippen LogP contribution in [0.3, 0.4) is 0 Å². The van der Waals surface area contributed by atoms with Gasteiger partial charge in [0.2, 0.25) is 5.91 Å². The van der Waals surface area contributed by atoms with Gasteiger partial charge in [0.25, 0.3) is 0 Å². The summed E-state index contributed by atoms with van der Waals surface area (Å²) in [6.07, 6.45) is 5.43. The van der Waals surface area contributed by atoms with Crippen molar-refractivity contribution in [2.75, 3.05) is 5.43 Å². The van der Waals surface area contributed by atoms with Crippen molar-refractivity contribution in [3.05, 3.63) is 22.8 Å². The summed E-state index contributed by atoms with van der Waals surface area (Å²) in [5.41, 5.74) is 6.42. The minimum Gasteiger partial charge on any atom is -0.281 e. The van der Waals surface area contributed by atoms with E-state index in [1.165, 1.54) is 0 Å². The highest BCUT2D eigenvalue weighted by Crippen LogP contribution is 2.32. The quantitative estimate of drug-likeness (QED) is 0.793. The van der Waals surface area contributed by atoms with E-state index in [-0.39, 0.29) is 5.91 Å². The molecule has 0 aliphatic heterocycles. The third-order valence-corrected chi connectivity index (χ3v) is 3.26. The molecule has 0 unspecified atom stereocenters. The van der Waals surface area contributed by atoms with Crippen LogP contribution < -0.4 is 10.9 Å². The lowest BCUT2D eigenvalue weighted by Gasteiger charge is -2.10. The van der Waals surface area contributed by atoms with Crippen molar-refractivity contribution in [1.82, 2.24) is 10.4 Å². The largest absolute Gasteiger partial charge is 0.281 e. The van der Waals surface area contributed by atoms with Gasteiger partial charge < -0.3 is 0 Å². The maximum absolute atomic E-state index is 11.5. The van der Waals surface area contributed by atoms with E-state index < -0.39 is 0 Å². The van der Waals surface area contributed by atoms with Crippen LogP contribution in [0, 0.1) is 5.92 Å². The lowest BCUT2D eigenvalue weighted by molar-refractivity contribution is -0.120. The molecule has 0 bridgehead atoms. The first-order chi connectivity index (χ1) is 8.20. The number of aromatic nitrogens is 1. The zero-order chi connectivity index (χ0) is 12.3. The van der Waals surface area contributed by atoms with Crippen molar-refractivity contribution < 1.29 is 4.79 Å². The van der Waals surface area contributed by atoms with Crippen molar-refractivity contribution in [3.8, 4) is 0 Å². The van der Waals surface area contributed by atoms with Crippen LogP contribution in [-0.4, -0.2) is 10.9 Å². The van der Waals surface area contributed by atoms with Crippen molar-refractivity contribution in [1.29, 1.82) is 0 Å². The average molecular weight is 254 g/mol. The number of hydrogen-bond acceptors (Lipinski definition) is 3. The molecule has 1 amide bonds. The number of carbonyl (C=O) groups excluding carboxylic acids is 1. The van der Waals surface area contributed by atoms with E-state index in [1.54, 1.807) is 6.20 Å². The third-order valence-electron chi connectivity index (χ3n) is 2.84. The first kappa shape index (κ1) is 12.2. The molecular formula is C12H16ClN3O. The Labute approximate surface area is 106 Å². The predicted molar refractivity (Wildman–Crippen MR) is 67.7 cm³/mol. The molecule has 0 spiro atoms. The number of halogens is 1. The van der Waals surface area contributed by atoms with Gasteiger partial charge in [-0.25, -0.2) is 4.98 Å². The number of rotatable bonds is 5. The second-order valence-electron chi connectivity index (χ2n) is 4.31. The highest BCUT2D eigenvalue weighted by molar-refractivity contribution is 6.33. The number of nitrogens with zero attached hydrogens (tertiary/aromatic N) is 1. The maximum Gasteiger partial charge on any atom is 0.238 e. The first-order valence-corrected chi connectivity index (χ1v) is 6.26. The summed E-state index contributed by atoms with van der Waals surface area (Å²) in [5, 5.41) is 0.571. The monoisotopic (exact) mass is 253 g/mol. The summed E-state index contributed by atoms with van der Waals surface area (Å²) in [6, 6.07) is 1.87. The molecule has 2 rings (SSSR count). The van der Waals surface area contributed by atoms with Gasteiger partial charge in [0.1, 0.15) is 0 Å². The number of hydrazine groups is 1. The highest BCUT2D eigenvalue weighted by Gasteiger charge is 2.24. The van der Waals surface area contributed by atoms with E-state index in [2.05, 4.69) is 15.8 Å². The Morgan fingerprint density at radius 1 is 1.59 bits per heavy atom. The van der Waals surface area contributed by atoms with E-state index in [4.69, 9.17) is 11.6 Å². The van der Waals surface area contributed by atoms with Crippen LogP contribution in [0.2, 0.25) is 5.02 Å². The Bertz CT molecular complexity index is 418. The number of pyridine rings is 1. The summed E-state index contributed by atoms with van der Waals surface area (Å²) in [4.78, 5) is 15.6. The Morgan fingerprint density at radius 3 is 3.00 bits per heavy atom. The molecule has 0 radical (unpaired) electrons. The number of aryl methyl sites for hydroxylation is 1. The van der Waals surface area contributed by atoms with Gasteiger partial charge in [0.15, 0.2) is 5.82 Å². The van der Waals surface area contributed by atoms with Crippen LogP contribution in [0.4, 0.5) is 5.82 Å². The van der Waals surface area contributed by atoms with E-state index in [1.807, 2.05) is 13.0 Å². The van der Waals surface area contributed by atoms with Crippen LogP contribution in [0.5, 0.6) is 0 Å². The van der Waals surface area contributed by atoms with E-state index in [0.717, 1.165) is 24.8 Å². The molecule has 0 atom stereocenters. The van der Waals surface area contributed by atoms with Crippen molar-refractivity contribution >= 4 is 23.3 Å². The molecule has 1 aromatic rings. The summed E-state index contributed by atoms with van der Waals surface area (Å²) in [6.45, 7) is 2.02. The molecule has 92 valence electrons. The molecule has 1 aliphatic carbocycles. The van der Waals surface area contributed by atoms with Gasteiger partial charge >= 0.3 is 0 Å². The molecule has 0 saturated heterocycles. The number of carbonyl (C=O) groups is 1. The smallest absolute Gasteiger partial charge is 0.238 e. The second-order valence-corrected chi connectivity index (χ2v) is 4.68. The first-order valence-electron chi connectivity index (χ1n) is 5.89. The lowest BCUT2D eigenvalue weighted by atomic mass is 10.2. The topological polar surface area (TPSA) is 54.0 Å². The van der Waals surface area contributed by atoms with Gasteiger partial charge in [-0.05, 0) is 36.8 Å². The van der Waals surface area contributed by atoms with Crippen molar-refractivity contribution in [3.63, 3.8) is 0 Å². The average Bonchev–Trinajstić information content (AvgIpc) is 3.11. The Balaban J connectivity index is 1.91. The van der Waals surface area contributed by atoms with Gasteiger partial charge in [-0.1, -0.05) is 18.5 Å². The molecule has 5 heteroatoms. The SMILES string of the molecule is CCc1ccnc(NNC(=O)CC2CC2)c1Cl. The van der Waals surface area contributed by atoms with Crippen LogP contribution in [0.15, 0.2) is 12.3 Å². The summed E-state index contributed by atoms with van der Waals surface area (Å²) < 4.78 is 0. The Kier molecular flexibility index (Phi) is 3.84. The molecule has 4 nitrogen and oxygen atoms in total. The van der Waals surface area contributed by atoms with Gasteiger partial charge in [-0.3, -0.25) is 15.6 Å². The normalized spacial score (nSPS) is 14.5. The molecule has 17 heavy (non-hydrogen) atoms. The van der Waals surface area contributed by atoms with Gasteiger partial charge in [-0.2, -0.15) is 0 Å². The van der Waals surface area contributed by atoms with Crippen LogP contribution in [0.25, 0.3) is 0 Å². The fourth-order valence-corrected chi connectivity index (χ4v) is 1.90. The standard InChI is InChI=1S/C12H16ClN3O/c1-2-9-5-6-14-12(11(9)13)16-15-10(17)7-8-3-4-8/h5-6,8H,2-4,7H2,1H3,(H,14,16)(H,15,17). The van der Waals surface area contributed by atoms with E-state index in [9.17, 15) is 4.79 Å². The number of amides is 1. The molecule has 1 fully saturated rings. The molecule has 1 saturated carbocycles. The fraction of sp³-hybridized carbons (Fsp3) is 0.500. The van der Waals surface area contributed by atoms with Crippen LogP contribution in [-0.2, 0) is 11.2 Å². The van der Waals surface area contributed by atoms with Crippen LogP contribution in [0.1, 0.15) is 31.7 Å². The van der Waals surface area contributed by atoms with Gasteiger partial charge in [0.05, 0.1) is 5.02 Å². The molecule has 0 aromatic carbocycles. The third kappa shape index (κ3) is 3.33. The summed E-state index contributed by atoms with van der Waals surface area (Å²) in [7, 11) is 0. The highest BCUT2D eigenvalue weighted by atomic mass is 35.5. The Morgan fingerprint density at radius 2 is 2.35 bits per heavy atom. The number of hydrogen-bond donors (Lipinski definition) is 2. The maximum atomic E-state index is 11.5. The summed E-state index contributed by atoms with van der Waals surface area (Å²) >= 11 is 6.13. The van der Waals surface area contributed by atoms with Crippen LogP contribution >= 0.6 is 11.6 Å². The second kappa shape index (κ2) is 5.36. The number of nitrogens with one attached hydrogen (secondary N) is 2. The zero-order valence-electron chi connectivity index (χ0n) is 9.79. The van der Waals surface area contributed by atoms with E-state index in [0.29, 0.717) is 23.2 Å². The zero-order valence-corrected chi connectivity index (χ0v) is 10.5. The number of anilines is 1. The predicted octanol–water partition coefficient (Wildman–Crippen LogP) is 2.54. The summed E-state index contributed by atoms with van der Waals surface area (Å²) in [5.74, 6) is 1.07. The molecule has 2 N–H and O–H groups in total. The van der Waals surface area contributed by atoms with Crippen molar-refractivity contribution in [2.24, 2.45) is 5.92 Å². The lowest BCUT2D eigenvalue weighted by Crippen LogP contribution is -2.30. The molecular weight excluding hydrogens is 238 g/mol. The fourth-order valence-electron chi connectivity index (χ4n) is 1.61. The van der Waals surface area contributed by atoms with E-state index >= 15 is 0 Å². The van der Waals surface area contributed by atoms with Crippen molar-refractivity contribution in [2.45, 2.75) is 32.6 Å². The molecule has 1 aliphatic rings. The minimum atomic E-state index is -0.00716. The van der Waals surface area contributed by atoms with Gasteiger partial charge in [-0.15, -0.1) is 0 Å².